The van der Waals surface area contributed by atoms with Crippen LogP contribution in [0.15, 0.2) is 40.4 Å². The van der Waals surface area contributed by atoms with Crippen molar-refractivity contribution in [2.24, 2.45) is 0 Å². The summed E-state index contributed by atoms with van der Waals surface area (Å²) in [5.74, 6) is 0.813. The fourth-order valence-electron chi connectivity index (χ4n) is 1.58. The Hall–Kier alpha value is -1.53. The third-order valence-electron chi connectivity index (χ3n) is 2.40. The molecule has 3 heterocycles. The van der Waals surface area contributed by atoms with Crippen molar-refractivity contribution in [2.75, 3.05) is 5.32 Å². The van der Waals surface area contributed by atoms with Gasteiger partial charge in [0, 0.05) is 27.1 Å². The number of nitrogens with zero attached hydrogens (tertiary/aromatic N) is 3. The van der Waals surface area contributed by atoms with E-state index in [1.54, 1.807) is 23.7 Å². The van der Waals surface area contributed by atoms with Crippen LogP contribution in [0.1, 0.15) is 4.88 Å². The number of pyridine rings is 1. The molecule has 0 aromatic carbocycles. The third-order valence-corrected chi connectivity index (χ3v) is 4.09. The van der Waals surface area contributed by atoms with Crippen molar-refractivity contribution < 1.29 is 0 Å². The first-order valence-electron chi connectivity index (χ1n) is 5.36. The summed E-state index contributed by atoms with van der Waals surface area (Å²) < 4.78 is 1.11. The molecule has 3 aromatic heterocycles. The van der Waals surface area contributed by atoms with Crippen LogP contribution >= 0.6 is 27.3 Å². The van der Waals surface area contributed by atoms with Crippen LogP contribution in [0, 0.1) is 0 Å². The van der Waals surface area contributed by atoms with E-state index < -0.39 is 0 Å². The lowest BCUT2D eigenvalue weighted by Gasteiger charge is -2.04. The normalized spacial score (nSPS) is 10.7. The molecular formula is C12H9BrN4S. The molecule has 0 atom stereocenters. The number of hydrogen-bond donors (Lipinski definition) is 1. The highest BCUT2D eigenvalue weighted by Crippen LogP contribution is 2.20. The zero-order valence-corrected chi connectivity index (χ0v) is 11.7. The summed E-state index contributed by atoms with van der Waals surface area (Å²) >= 11 is 5.15. The summed E-state index contributed by atoms with van der Waals surface area (Å²) in [7, 11) is 0. The molecule has 0 aliphatic rings. The highest BCUT2D eigenvalue weighted by molar-refractivity contribution is 9.10. The Kier molecular flexibility index (Phi) is 3.21. The molecular weight excluding hydrogens is 312 g/mol. The summed E-state index contributed by atoms with van der Waals surface area (Å²) in [5, 5.41) is 5.34. The van der Waals surface area contributed by atoms with Crippen molar-refractivity contribution >= 4 is 44.2 Å². The molecule has 0 bridgehead atoms. The number of halogens is 1. The first kappa shape index (κ1) is 11.6. The van der Waals surface area contributed by atoms with Gasteiger partial charge in [-0.3, -0.25) is 4.98 Å². The molecule has 1 N–H and O–H groups in total. The average Bonchev–Trinajstić information content (AvgIpc) is 2.82. The van der Waals surface area contributed by atoms with E-state index in [1.165, 1.54) is 4.88 Å². The average molecular weight is 321 g/mol. The van der Waals surface area contributed by atoms with Gasteiger partial charge < -0.3 is 5.32 Å². The number of nitrogens with one attached hydrogen (secondary N) is 1. The molecule has 18 heavy (non-hydrogen) atoms. The Morgan fingerprint density at radius 1 is 1.22 bits per heavy atom. The van der Waals surface area contributed by atoms with E-state index in [9.17, 15) is 0 Å². The molecule has 0 radical (unpaired) electrons. The lowest BCUT2D eigenvalue weighted by atomic mass is 10.4. The second-order valence-corrected chi connectivity index (χ2v) is 5.59. The second kappa shape index (κ2) is 4.99. The fraction of sp³-hybridized carbons (Fsp3) is 0.0833. The summed E-state index contributed by atoms with van der Waals surface area (Å²) in [5.41, 5.74) is 1.47. The van der Waals surface area contributed by atoms with Crippen molar-refractivity contribution in [1.29, 1.82) is 0 Å². The number of anilines is 1. The molecule has 6 heteroatoms. The van der Waals surface area contributed by atoms with Crippen LogP contribution in [0.25, 0.3) is 11.2 Å². The van der Waals surface area contributed by atoms with Gasteiger partial charge in [0.05, 0.1) is 6.54 Å². The van der Waals surface area contributed by atoms with Crippen LogP contribution in [0.4, 0.5) is 5.82 Å². The number of thiophene rings is 1. The molecule has 3 rings (SSSR count). The van der Waals surface area contributed by atoms with Crippen molar-refractivity contribution in [2.45, 2.75) is 6.54 Å². The first-order chi connectivity index (χ1) is 8.81. The van der Waals surface area contributed by atoms with E-state index in [-0.39, 0.29) is 0 Å². The van der Waals surface area contributed by atoms with E-state index in [4.69, 9.17) is 0 Å². The maximum Gasteiger partial charge on any atom is 0.180 e. The smallest absolute Gasteiger partial charge is 0.180 e. The monoisotopic (exact) mass is 320 g/mol. The van der Waals surface area contributed by atoms with Crippen LogP contribution in [0.2, 0.25) is 0 Å². The van der Waals surface area contributed by atoms with Gasteiger partial charge in [0.15, 0.2) is 5.65 Å². The van der Waals surface area contributed by atoms with Crippen molar-refractivity contribution in [3.8, 4) is 0 Å². The maximum atomic E-state index is 4.41. The topological polar surface area (TPSA) is 50.7 Å². The summed E-state index contributed by atoms with van der Waals surface area (Å²) in [6.45, 7) is 0.759. The van der Waals surface area contributed by atoms with Crippen molar-refractivity contribution in [1.82, 2.24) is 15.0 Å². The summed E-state index contributed by atoms with van der Waals surface area (Å²) in [4.78, 5) is 14.0. The van der Waals surface area contributed by atoms with Gasteiger partial charge in [-0.25, -0.2) is 9.97 Å². The van der Waals surface area contributed by atoms with Gasteiger partial charge in [-0.1, -0.05) is 0 Å². The van der Waals surface area contributed by atoms with Gasteiger partial charge in [0.2, 0.25) is 0 Å². The predicted molar refractivity (Wildman–Crippen MR) is 76.7 cm³/mol. The molecule has 0 unspecified atom stereocenters. The van der Waals surface area contributed by atoms with Crippen LogP contribution in [0.5, 0.6) is 0 Å². The van der Waals surface area contributed by atoms with Crippen molar-refractivity contribution in [3.05, 3.63) is 45.3 Å². The van der Waals surface area contributed by atoms with Gasteiger partial charge in [-0.05, 0) is 34.1 Å². The van der Waals surface area contributed by atoms with Gasteiger partial charge >= 0.3 is 0 Å². The van der Waals surface area contributed by atoms with E-state index in [0.29, 0.717) is 5.65 Å². The summed E-state index contributed by atoms with van der Waals surface area (Å²) in [6, 6.07) is 5.93. The number of rotatable bonds is 3. The molecule has 0 spiro atoms. The van der Waals surface area contributed by atoms with Gasteiger partial charge in [-0.15, -0.1) is 11.3 Å². The molecule has 0 fully saturated rings. The highest BCUT2D eigenvalue weighted by atomic mass is 79.9. The second-order valence-electron chi connectivity index (χ2n) is 3.68. The molecule has 0 saturated carbocycles. The van der Waals surface area contributed by atoms with E-state index in [0.717, 1.165) is 22.4 Å². The summed E-state index contributed by atoms with van der Waals surface area (Å²) in [6.07, 6.45) is 3.32. The largest absolute Gasteiger partial charge is 0.365 e. The highest BCUT2D eigenvalue weighted by Gasteiger charge is 2.01. The first-order valence-corrected chi connectivity index (χ1v) is 7.03. The van der Waals surface area contributed by atoms with Crippen LogP contribution in [-0.4, -0.2) is 15.0 Å². The fourth-order valence-corrected chi connectivity index (χ4v) is 2.97. The Bertz CT molecular complexity index is 682. The number of fused-ring (bicyclic) bond motifs is 1. The standard InChI is InChI=1S/C12H9BrN4S/c13-8-5-9(18-7-8)6-16-11-2-1-10-12(17-11)15-4-3-14-10/h1-5,7H,6H2,(H,15,16,17). The zero-order valence-electron chi connectivity index (χ0n) is 9.30. The van der Waals surface area contributed by atoms with Crippen LogP contribution in [0.3, 0.4) is 0 Å². The minimum atomic E-state index is 0.662. The Morgan fingerprint density at radius 2 is 2.11 bits per heavy atom. The molecule has 4 nitrogen and oxygen atoms in total. The molecule has 3 aromatic rings. The van der Waals surface area contributed by atoms with E-state index >= 15 is 0 Å². The zero-order chi connectivity index (χ0) is 12.4. The van der Waals surface area contributed by atoms with Crippen LogP contribution in [-0.2, 0) is 6.54 Å². The van der Waals surface area contributed by atoms with E-state index in [1.807, 2.05) is 12.1 Å². The lowest BCUT2D eigenvalue weighted by molar-refractivity contribution is 1.14. The SMILES string of the molecule is Brc1csc(CNc2ccc3nccnc3n2)c1. The number of hydrogen-bond acceptors (Lipinski definition) is 5. The van der Waals surface area contributed by atoms with Crippen molar-refractivity contribution in [3.63, 3.8) is 0 Å². The third kappa shape index (κ3) is 2.49. The van der Waals surface area contributed by atoms with Gasteiger partial charge in [0.25, 0.3) is 0 Å². The van der Waals surface area contributed by atoms with Crippen LogP contribution < -0.4 is 5.32 Å². The number of aromatic nitrogens is 3. The molecule has 0 amide bonds. The van der Waals surface area contributed by atoms with Gasteiger partial charge in [-0.2, -0.15) is 0 Å². The minimum Gasteiger partial charge on any atom is -0.365 e. The molecule has 90 valence electrons. The molecule has 0 saturated heterocycles. The Morgan fingerprint density at radius 3 is 2.94 bits per heavy atom. The quantitative estimate of drug-likeness (QED) is 0.803. The lowest BCUT2D eigenvalue weighted by Crippen LogP contribution is -2.00. The molecule has 0 aliphatic carbocycles. The van der Waals surface area contributed by atoms with E-state index in [2.05, 4.69) is 47.6 Å². The predicted octanol–water partition coefficient (Wildman–Crippen LogP) is 3.46. The maximum absolute atomic E-state index is 4.41. The Balaban J connectivity index is 1.78. The minimum absolute atomic E-state index is 0.662. The van der Waals surface area contributed by atoms with Gasteiger partial charge in [0.1, 0.15) is 11.3 Å². The molecule has 0 aliphatic heterocycles. The Labute approximate surface area is 116 Å².